The van der Waals surface area contributed by atoms with E-state index in [2.05, 4.69) is 5.32 Å². The lowest BCUT2D eigenvalue weighted by atomic mass is 9.98. The molecule has 3 amide bonds. The quantitative estimate of drug-likeness (QED) is 0.617. The molecule has 0 saturated carbocycles. The average Bonchev–Trinajstić information content (AvgIpc) is 3.29. The zero-order valence-electron chi connectivity index (χ0n) is 21.2. The van der Waals surface area contributed by atoms with E-state index in [9.17, 15) is 19.2 Å². The van der Waals surface area contributed by atoms with Gasteiger partial charge in [0.2, 0.25) is 11.8 Å². The minimum absolute atomic E-state index is 0.0595. The standard InChI is InChI=1S/C26H35N3O7/c1-16(2)23-24(31)29-14-18(13-20(29)25(32)34-3)36-21-8-6-7-17-10-11-28(15-19(17)21)22(30)9-4-5-12-35-26(33)27-23/h6-8,16,18,20,23H,4-5,9-15H2,1-3H3,(H,27,33)/t18-,20+,23+/m1/s1. The second-order valence-corrected chi connectivity index (χ2v) is 9.92. The predicted molar refractivity (Wildman–Crippen MR) is 129 cm³/mol. The maximum absolute atomic E-state index is 13.6. The number of rotatable bonds is 2. The molecule has 0 radical (unpaired) electrons. The van der Waals surface area contributed by atoms with Crippen molar-refractivity contribution >= 4 is 23.9 Å². The first-order valence-electron chi connectivity index (χ1n) is 12.6. The van der Waals surface area contributed by atoms with Gasteiger partial charge in [-0.05, 0) is 36.8 Å². The lowest BCUT2D eigenvalue weighted by Gasteiger charge is -2.31. The van der Waals surface area contributed by atoms with Gasteiger partial charge in [0.25, 0.3) is 0 Å². The number of amides is 3. The molecule has 1 aromatic rings. The molecule has 196 valence electrons. The van der Waals surface area contributed by atoms with Crippen LogP contribution in [0, 0.1) is 5.92 Å². The molecule has 1 aromatic carbocycles. The number of benzene rings is 1. The molecule has 4 rings (SSSR count). The Hall–Kier alpha value is -3.30. The fourth-order valence-electron chi connectivity index (χ4n) is 5.10. The fourth-order valence-corrected chi connectivity index (χ4v) is 5.10. The Morgan fingerprint density at radius 3 is 2.72 bits per heavy atom. The van der Waals surface area contributed by atoms with Crippen LogP contribution in [-0.4, -0.2) is 78.7 Å². The molecule has 3 aliphatic rings. The topological polar surface area (TPSA) is 114 Å². The van der Waals surface area contributed by atoms with E-state index in [4.69, 9.17) is 14.2 Å². The SMILES string of the molecule is COC(=O)[C@@H]1C[C@@H]2CN1C(=O)[C@H](C(C)C)NC(=O)OCCCCC(=O)N1CCc3cccc(c3C1)O2. The Bertz CT molecular complexity index is 1010. The average molecular weight is 502 g/mol. The number of carbonyl (C=O) groups is 4. The molecule has 10 heteroatoms. The Balaban J connectivity index is 1.65. The van der Waals surface area contributed by atoms with Crippen molar-refractivity contribution < 1.29 is 33.4 Å². The van der Waals surface area contributed by atoms with E-state index in [1.165, 1.54) is 12.0 Å². The van der Waals surface area contributed by atoms with Crippen LogP contribution >= 0.6 is 0 Å². The number of hydrogen-bond acceptors (Lipinski definition) is 7. The summed E-state index contributed by atoms with van der Waals surface area (Å²) in [4.78, 5) is 54.7. The van der Waals surface area contributed by atoms with Gasteiger partial charge < -0.3 is 29.3 Å². The minimum Gasteiger partial charge on any atom is -0.488 e. The summed E-state index contributed by atoms with van der Waals surface area (Å²) in [5.74, 6) is -0.423. The molecule has 0 spiro atoms. The predicted octanol–water partition coefficient (Wildman–Crippen LogP) is 2.03. The molecule has 0 aromatic heterocycles. The summed E-state index contributed by atoms with van der Waals surface area (Å²) < 4.78 is 16.6. The van der Waals surface area contributed by atoms with Crippen LogP contribution in [0.5, 0.6) is 5.75 Å². The third-order valence-electron chi connectivity index (χ3n) is 7.12. The van der Waals surface area contributed by atoms with Crippen molar-refractivity contribution in [3.05, 3.63) is 29.3 Å². The zero-order chi connectivity index (χ0) is 25.8. The normalized spacial score (nSPS) is 25.4. The van der Waals surface area contributed by atoms with Gasteiger partial charge in [-0.2, -0.15) is 0 Å². The van der Waals surface area contributed by atoms with Crippen LogP contribution in [0.2, 0.25) is 0 Å². The van der Waals surface area contributed by atoms with Crippen LogP contribution < -0.4 is 10.1 Å². The van der Waals surface area contributed by atoms with Gasteiger partial charge in [0.05, 0.1) is 20.3 Å². The highest BCUT2D eigenvalue weighted by molar-refractivity contribution is 5.90. The maximum atomic E-state index is 13.6. The van der Waals surface area contributed by atoms with E-state index in [-0.39, 0.29) is 37.3 Å². The first-order valence-corrected chi connectivity index (χ1v) is 12.6. The van der Waals surface area contributed by atoms with Crippen molar-refractivity contribution in [2.45, 2.75) is 70.7 Å². The second kappa shape index (κ2) is 11.2. The molecule has 0 unspecified atom stereocenters. The highest BCUT2D eigenvalue weighted by Gasteiger charge is 2.44. The highest BCUT2D eigenvalue weighted by Crippen LogP contribution is 2.32. The number of ether oxygens (including phenoxy) is 3. The molecule has 3 atom stereocenters. The second-order valence-electron chi connectivity index (χ2n) is 9.92. The largest absolute Gasteiger partial charge is 0.488 e. The first kappa shape index (κ1) is 25.8. The maximum Gasteiger partial charge on any atom is 0.407 e. The molecule has 4 bridgehead atoms. The summed E-state index contributed by atoms with van der Waals surface area (Å²) >= 11 is 0. The monoisotopic (exact) mass is 501 g/mol. The van der Waals surface area contributed by atoms with Gasteiger partial charge in [-0.1, -0.05) is 26.0 Å². The molecule has 3 aliphatic heterocycles. The van der Waals surface area contributed by atoms with Crippen LogP contribution in [0.3, 0.4) is 0 Å². The van der Waals surface area contributed by atoms with Crippen molar-refractivity contribution in [2.75, 3.05) is 26.8 Å². The lowest BCUT2D eigenvalue weighted by Crippen LogP contribution is -2.54. The highest BCUT2D eigenvalue weighted by atomic mass is 16.5. The molecular formula is C26H35N3O7. The van der Waals surface area contributed by atoms with Gasteiger partial charge in [0.1, 0.15) is 23.9 Å². The van der Waals surface area contributed by atoms with E-state index in [0.29, 0.717) is 38.1 Å². The molecule has 1 fully saturated rings. The lowest BCUT2D eigenvalue weighted by molar-refractivity contribution is -0.151. The number of hydrogen-bond donors (Lipinski definition) is 1. The van der Waals surface area contributed by atoms with Crippen LogP contribution in [0.25, 0.3) is 0 Å². The number of methoxy groups -OCH3 is 1. The molecule has 1 saturated heterocycles. The molecule has 1 N–H and O–H groups in total. The van der Waals surface area contributed by atoms with Crippen molar-refractivity contribution in [1.29, 1.82) is 0 Å². The summed E-state index contributed by atoms with van der Waals surface area (Å²) in [6, 6.07) is 4.15. The smallest absolute Gasteiger partial charge is 0.407 e. The van der Waals surface area contributed by atoms with Crippen LogP contribution in [0.4, 0.5) is 4.79 Å². The van der Waals surface area contributed by atoms with Gasteiger partial charge in [-0.15, -0.1) is 0 Å². The number of nitrogens with zero attached hydrogens (tertiary/aromatic N) is 2. The van der Waals surface area contributed by atoms with Gasteiger partial charge in [-0.25, -0.2) is 9.59 Å². The summed E-state index contributed by atoms with van der Waals surface area (Å²) in [7, 11) is 1.29. The van der Waals surface area contributed by atoms with Gasteiger partial charge in [0, 0.05) is 31.5 Å². The molecule has 0 aliphatic carbocycles. The zero-order valence-corrected chi connectivity index (χ0v) is 21.2. The molecule has 10 nitrogen and oxygen atoms in total. The van der Waals surface area contributed by atoms with Gasteiger partial charge >= 0.3 is 12.1 Å². The van der Waals surface area contributed by atoms with E-state index in [1.807, 2.05) is 36.9 Å². The number of fused-ring (bicyclic) bond motifs is 3. The Morgan fingerprint density at radius 1 is 1.17 bits per heavy atom. The Morgan fingerprint density at radius 2 is 1.97 bits per heavy atom. The number of alkyl carbamates (subject to hydrolysis) is 1. The summed E-state index contributed by atoms with van der Waals surface area (Å²) in [5.41, 5.74) is 2.10. The van der Waals surface area contributed by atoms with Crippen molar-refractivity contribution in [3.8, 4) is 5.75 Å². The molecule has 3 heterocycles. The summed E-state index contributed by atoms with van der Waals surface area (Å²) in [6.45, 7) is 5.05. The number of nitrogens with one attached hydrogen (secondary N) is 1. The van der Waals surface area contributed by atoms with Crippen molar-refractivity contribution in [1.82, 2.24) is 15.1 Å². The van der Waals surface area contributed by atoms with E-state index >= 15 is 0 Å². The number of esters is 1. The number of cyclic esters (lactones) is 1. The van der Waals surface area contributed by atoms with Crippen LogP contribution in [-0.2, 0) is 36.8 Å². The molecular weight excluding hydrogens is 466 g/mol. The Labute approximate surface area is 211 Å². The minimum atomic E-state index is -0.873. The summed E-state index contributed by atoms with van der Waals surface area (Å²) in [6.07, 6.45) is 1.35. The number of carbonyl (C=O) groups excluding carboxylic acids is 4. The van der Waals surface area contributed by atoms with Gasteiger partial charge in [-0.3, -0.25) is 9.59 Å². The van der Waals surface area contributed by atoms with Crippen LogP contribution in [0.15, 0.2) is 18.2 Å². The third kappa shape index (κ3) is 5.57. The fraction of sp³-hybridized carbons (Fsp3) is 0.615. The van der Waals surface area contributed by atoms with E-state index in [1.54, 1.807) is 0 Å². The molecule has 36 heavy (non-hydrogen) atoms. The summed E-state index contributed by atoms with van der Waals surface area (Å²) in [5, 5.41) is 2.66. The first-order chi connectivity index (χ1) is 17.3. The van der Waals surface area contributed by atoms with Crippen molar-refractivity contribution in [2.24, 2.45) is 5.92 Å². The van der Waals surface area contributed by atoms with Gasteiger partial charge in [0.15, 0.2) is 0 Å². The van der Waals surface area contributed by atoms with E-state index < -0.39 is 30.3 Å². The Kier molecular flexibility index (Phi) is 8.01. The van der Waals surface area contributed by atoms with E-state index in [0.717, 1.165) is 17.5 Å². The van der Waals surface area contributed by atoms with Crippen LogP contribution in [0.1, 0.15) is 50.7 Å². The van der Waals surface area contributed by atoms with Crippen molar-refractivity contribution in [3.63, 3.8) is 0 Å². The third-order valence-corrected chi connectivity index (χ3v) is 7.12.